The van der Waals surface area contributed by atoms with Crippen LogP contribution in [0.5, 0.6) is 11.6 Å². The third kappa shape index (κ3) is 4.63. The Bertz CT molecular complexity index is 1330. The van der Waals surface area contributed by atoms with Gasteiger partial charge >= 0.3 is 12.1 Å². The van der Waals surface area contributed by atoms with E-state index >= 15 is 0 Å². The molecule has 1 aromatic carbocycles. The standard InChI is InChI=1S/C23H19F5N2O4/c1-5-33-22(32)17-19(30-12(4)10(2)20(17)31)14-8-13(23(26,27)28)9-29-21(14)34-16-7-6-15(24)18(25)11(16)3/h6-9H,5H2,1-4H3,(H,30,31). The maximum absolute atomic E-state index is 14.0. The van der Waals surface area contributed by atoms with E-state index in [2.05, 4.69) is 9.97 Å². The minimum Gasteiger partial charge on any atom is -0.462 e. The van der Waals surface area contributed by atoms with Crippen molar-refractivity contribution in [3.8, 4) is 22.9 Å². The second-order valence-electron chi connectivity index (χ2n) is 7.34. The molecule has 6 nitrogen and oxygen atoms in total. The van der Waals surface area contributed by atoms with Crippen LogP contribution in [0.3, 0.4) is 0 Å². The lowest BCUT2D eigenvalue weighted by Crippen LogP contribution is -2.23. The number of rotatable bonds is 5. The average Bonchev–Trinajstić information content (AvgIpc) is 2.77. The molecule has 1 N–H and O–H groups in total. The summed E-state index contributed by atoms with van der Waals surface area (Å²) in [6.07, 6.45) is -4.33. The molecular weight excluding hydrogens is 463 g/mol. The summed E-state index contributed by atoms with van der Waals surface area (Å²) >= 11 is 0. The van der Waals surface area contributed by atoms with Crippen LogP contribution < -0.4 is 10.2 Å². The summed E-state index contributed by atoms with van der Waals surface area (Å²) in [6.45, 7) is 5.55. The Morgan fingerprint density at radius 3 is 2.41 bits per heavy atom. The lowest BCUT2D eigenvalue weighted by molar-refractivity contribution is -0.137. The van der Waals surface area contributed by atoms with Crippen LogP contribution in [-0.4, -0.2) is 22.5 Å². The van der Waals surface area contributed by atoms with E-state index in [0.717, 1.165) is 12.1 Å². The third-order valence-corrected chi connectivity index (χ3v) is 5.12. The molecule has 2 heterocycles. The molecule has 0 unspecified atom stereocenters. The minimum absolute atomic E-state index is 0.0944. The van der Waals surface area contributed by atoms with Crippen molar-refractivity contribution in [3.63, 3.8) is 0 Å². The van der Waals surface area contributed by atoms with Crippen LogP contribution in [0.15, 0.2) is 29.2 Å². The zero-order valence-corrected chi connectivity index (χ0v) is 18.5. The largest absolute Gasteiger partial charge is 0.462 e. The van der Waals surface area contributed by atoms with Gasteiger partial charge in [-0.05, 0) is 45.9 Å². The number of aromatic nitrogens is 2. The summed E-state index contributed by atoms with van der Waals surface area (Å²) in [5, 5.41) is 0. The van der Waals surface area contributed by atoms with Gasteiger partial charge in [0.25, 0.3) is 0 Å². The number of aryl methyl sites for hydroxylation is 1. The Balaban J connectivity index is 2.34. The van der Waals surface area contributed by atoms with Crippen molar-refractivity contribution in [2.45, 2.75) is 33.9 Å². The van der Waals surface area contributed by atoms with Crippen molar-refractivity contribution in [1.82, 2.24) is 9.97 Å². The second-order valence-corrected chi connectivity index (χ2v) is 7.34. The fourth-order valence-electron chi connectivity index (χ4n) is 3.13. The van der Waals surface area contributed by atoms with Crippen LogP contribution in [0, 0.1) is 32.4 Å². The summed E-state index contributed by atoms with van der Waals surface area (Å²) in [6, 6.07) is 2.50. The number of hydrogen-bond acceptors (Lipinski definition) is 5. The number of H-pyrrole nitrogens is 1. The molecule has 0 amide bonds. The molecule has 0 radical (unpaired) electrons. The molecule has 180 valence electrons. The fraction of sp³-hybridized carbons (Fsp3) is 0.261. The normalized spacial score (nSPS) is 11.4. The maximum Gasteiger partial charge on any atom is 0.417 e. The van der Waals surface area contributed by atoms with Gasteiger partial charge in [0, 0.05) is 23.0 Å². The molecule has 0 bridgehead atoms. The Morgan fingerprint density at radius 1 is 1.12 bits per heavy atom. The number of nitrogens with one attached hydrogen (secondary N) is 1. The molecule has 0 fully saturated rings. The summed E-state index contributed by atoms with van der Waals surface area (Å²) in [5.74, 6) is -4.12. The van der Waals surface area contributed by atoms with Crippen molar-refractivity contribution in [2.24, 2.45) is 0 Å². The third-order valence-electron chi connectivity index (χ3n) is 5.12. The SMILES string of the molecule is CCOC(=O)c1c(-c2cc(C(F)(F)F)cnc2Oc2ccc(F)c(F)c2C)[nH]c(C)c(C)c1=O. The zero-order chi connectivity index (χ0) is 25.4. The van der Waals surface area contributed by atoms with Gasteiger partial charge in [-0.3, -0.25) is 4.79 Å². The number of benzene rings is 1. The van der Waals surface area contributed by atoms with Crippen LogP contribution in [0.4, 0.5) is 22.0 Å². The fourth-order valence-corrected chi connectivity index (χ4v) is 3.13. The van der Waals surface area contributed by atoms with E-state index in [4.69, 9.17) is 9.47 Å². The number of ether oxygens (including phenoxy) is 2. The molecule has 0 aliphatic carbocycles. The van der Waals surface area contributed by atoms with E-state index < -0.39 is 51.8 Å². The minimum atomic E-state index is -4.82. The highest BCUT2D eigenvalue weighted by molar-refractivity contribution is 5.97. The van der Waals surface area contributed by atoms with Crippen LogP contribution in [0.2, 0.25) is 0 Å². The number of hydrogen-bond donors (Lipinski definition) is 1. The van der Waals surface area contributed by atoms with Crippen LogP contribution in [-0.2, 0) is 10.9 Å². The highest BCUT2D eigenvalue weighted by atomic mass is 19.4. The number of alkyl halides is 3. The highest BCUT2D eigenvalue weighted by Gasteiger charge is 2.34. The Labute approximate surface area is 190 Å². The lowest BCUT2D eigenvalue weighted by atomic mass is 10.0. The molecule has 2 aromatic heterocycles. The predicted octanol–water partition coefficient (Wildman–Crippen LogP) is 5.63. The van der Waals surface area contributed by atoms with Crippen LogP contribution >= 0.6 is 0 Å². The molecular formula is C23H19F5N2O4. The average molecular weight is 482 g/mol. The molecule has 11 heteroatoms. The Morgan fingerprint density at radius 2 is 1.79 bits per heavy atom. The van der Waals surface area contributed by atoms with Crippen molar-refractivity contribution in [2.75, 3.05) is 6.61 Å². The highest BCUT2D eigenvalue weighted by Crippen LogP contribution is 2.38. The summed E-state index contributed by atoms with van der Waals surface area (Å²) < 4.78 is 78.4. The van der Waals surface area contributed by atoms with E-state index in [1.165, 1.54) is 27.7 Å². The van der Waals surface area contributed by atoms with E-state index in [1.54, 1.807) is 0 Å². The van der Waals surface area contributed by atoms with E-state index in [9.17, 15) is 31.5 Å². The van der Waals surface area contributed by atoms with Crippen molar-refractivity contribution >= 4 is 5.97 Å². The van der Waals surface area contributed by atoms with Gasteiger partial charge in [-0.1, -0.05) is 0 Å². The van der Waals surface area contributed by atoms with Gasteiger partial charge in [-0.2, -0.15) is 13.2 Å². The molecule has 0 aliphatic heterocycles. The summed E-state index contributed by atoms with van der Waals surface area (Å²) in [4.78, 5) is 32.0. The number of aromatic amines is 1. The summed E-state index contributed by atoms with van der Waals surface area (Å²) in [5.41, 5.74) is -3.03. The monoisotopic (exact) mass is 482 g/mol. The van der Waals surface area contributed by atoms with Gasteiger partial charge in [0.2, 0.25) is 5.88 Å². The van der Waals surface area contributed by atoms with E-state index in [0.29, 0.717) is 12.3 Å². The van der Waals surface area contributed by atoms with Crippen molar-refractivity contribution < 1.29 is 36.2 Å². The van der Waals surface area contributed by atoms with E-state index in [-0.39, 0.29) is 34.9 Å². The first-order chi connectivity index (χ1) is 15.9. The lowest BCUT2D eigenvalue weighted by Gasteiger charge is -2.17. The number of carbonyl (C=O) groups is 1. The number of carbonyl (C=O) groups excluding carboxylic acids is 1. The predicted molar refractivity (Wildman–Crippen MR) is 112 cm³/mol. The second kappa shape index (κ2) is 9.24. The number of pyridine rings is 2. The number of nitrogens with zero attached hydrogens (tertiary/aromatic N) is 1. The molecule has 0 saturated heterocycles. The quantitative estimate of drug-likeness (QED) is 0.377. The topological polar surface area (TPSA) is 81.3 Å². The van der Waals surface area contributed by atoms with Gasteiger partial charge in [0.05, 0.1) is 23.4 Å². The van der Waals surface area contributed by atoms with Crippen molar-refractivity contribution in [1.29, 1.82) is 0 Å². The smallest absolute Gasteiger partial charge is 0.417 e. The van der Waals surface area contributed by atoms with Gasteiger partial charge in [0.15, 0.2) is 17.1 Å². The van der Waals surface area contributed by atoms with Gasteiger partial charge in [0.1, 0.15) is 11.3 Å². The Kier molecular flexibility index (Phi) is 6.76. The Hall–Kier alpha value is -3.76. The van der Waals surface area contributed by atoms with E-state index in [1.807, 2.05) is 0 Å². The van der Waals surface area contributed by atoms with Gasteiger partial charge < -0.3 is 14.5 Å². The van der Waals surface area contributed by atoms with Crippen LogP contribution in [0.1, 0.15) is 39.7 Å². The first-order valence-corrected chi connectivity index (χ1v) is 9.97. The molecule has 34 heavy (non-hydrogen) atoms. The zero-order valence-electron chi connectivity index (χ0n) is 18.5. The summed E-state index contributed by atoms with van der Waals surface area (Å²) in [7, 11) is 0. The molecule has 0 aliphatic rings. The number of esters is 1. The maximum atomic E-state index is 14.0. The molecule has 0 spiro atoms. The number of halogens is 5. The molecule has 0 atom stereocenters. The van der Waals surface area contributed by atoms with Crippen molar-refractivity contribution in [3.05, 3.63) is 74.2 Å². The molecule has 3 rings (SSSR count). The van der Waals surface area contributed by atoms with Gasteiger partial charge in [-0.25, -0.2) is 18.6 Å². The first kappa shape index (κ1) is 24.9. The van der Waals surface area contributed by atoms with Crippen LogP contribution in [0.25, 0.3) is 11.3 Å². The first-order valence-electron chi connectivity index (χ1n) is 9.97. The van der Waals surface area contributed by atoms with Gasteiger partial charge in [-0.15, -0.1) is 0 Å². The molecule has 3 aromatic rings. The molecule has 0 saturated carbocycles.